The molecule has 4 heterocycles. The minimum Gasteiger partial charge on any atom is -0.494 e. The lowest BCUT2D eigenvalue weighted by Gasteiger charge is -2.31. The number of alkyl halides is 3. The van der Waals surface area contributed by atoms with E-state index in [-0.39, 0.29) is 16.9 Å². The van der Waals surface area contributed by atoms with Crippen LogP contribution in [0.4, 0.5) is 42.0 Å². The first-order valence-corrected chi connectivity index (χ1v) is 16.8. The topological polar surface area (TPSA) is 132 Å². The molecule has 1 saturated heterocycles. The van der Waals surface area contributed by atoms with Crippen LogP contribution >= 0.6 is 7.14 Å². The van der Waals surface area contributed by atoms with Gasteiger partial charge in [0.05, 0.1) is 48.7 Å². The first-order valence-electron chi connectivity index (χ1n) is 14.2. The second-order valence-corrected chi connectivity index (χ2v) is 14.2. The number of morpholine rings is 1. The van der Waals surface area contributed by atoms with Crippen LogP contribution < -0.4 is 25.6 Å². The van der Waals surface area contributed by atoms with Crippen molar-refractivity contribution in [2.45, 2.75) is 6.18 Å². The normalized spacial score (nSPS) is 14.0. The van der Waals surface area contributed by atoms with Gasteiger partial charge in [-0.3, -0.25) is 14.6 Å². The van der Waals surface area contributed by atoms with Gasteiger partial charge < -0.3 is 29.6 Å². The minimum absolute atomic E-state index is 0.122. The van der Waals surface area contributed by atoms with Crippen molar-refractivity contribution in [3.05, 3.63) is 60.8 Å². The molecule has 0 saturated carbocycles. The number of nitrogens with one attached hydrogen (secondary N) is 2. The summed E-state index contributed by atoms with van der Waals surface area (Å²) in [5.74, 6) is -0.219. The zero-order valence-electron chi connectivity index (χ0n) is 25.5. The summed E-state index contributed by atoms with van der Waals surface area (Å²) in [7, 11) is 0.258. The number of halogens is 3. The molecule has 1 aliphatic rings. The Bertz CT molecular complexity index is 1960. The predicted octanol–water partition coefficient (Wildman–Crippen LogP) is 5.42. The molecule has 3 aromatic heterocycles. The third-order valence-corrected chi connectivity index (χ3v) is 8.96. The Morgan fingerprint density at radius 1 is 1.00 bits per heavy atom. The van der Waals surface area contributed by atoms with E-state index in [0.29, 0.717) is 55.0 Å². The molecule has 6 rings (SSSR count). The van der Waals surface area contributed by atoms with E-state index in [4.69, 9.17) is 9.47 Å². The number of fused-ring (bicyclic) bond motifs is 1. The summed E-state index contributed by atoms with van der Waals surface area (Å²) in [6, 6.07) is 6.81. The van der Waals surface area contributed by atoms with Gasteiger partial charge in [-0.05, 0) is 31.5 Å². The van der Waals surface area contributed by atoms with Gasteiger partial charge in [-0.15, -0.1) is 0 Å². The molecule has 1 fully saturated rings. The van der Waals surface area contributed by atoms with Crippen molar-refractivity contribution in [3.8, 4) is 16.9 Å². The quantitative estimate of drug-likeness (QED) is 0.208. The fraction of sp³-hybridized carbons (Fsp3) is 0.300. The number of hydrogen-bond donors (Lipinski definition) is 2. The number of methoxy groups -OCH3 is 1. The fourth-order valence-corrected chi connectivity index (χ4v) is 6.75. The second kappa shape index (κ2) is 12.2. The number of hydrogen-bond acceptors (Lipinski definition) is 11. The zero-order chi connectivity index (χ0) is 32.6. The third-order valence-electron chi connectivity index (χ3n) is 7.43. The average Bonchev–Trinajstić information content (AvgIpc) is 3.46. The smallest absolute Gasteiger partial charge is 0.421 e. The van der Waals surface area contributed by atoms with Gasteiger partial charge in [0.2, 0.25) is 5.95 Å². The van der Waals surface area contributed by atoms with E-state index in [2.05, 4.69) is 40.6 Å². The largest absolute Gasteiger partial charge is 0.494 e. The van der Waals surface area contributed by atoms with Gasteiger partial charge in [-0.25, -0.2) is 4.98 Å². The van der Waals surface area contributed by atoms with Gasteiger partial charge in [0.15, 0.2) is 0 Å². The number of anilines is 5. The van der Waals surface area contributed by atoms with Crippen LogP contribution in [0.1, 0.15) is 5.56 Å². The Morgan fingerprint density at radius 3 is 2.43 bits per heavy atom. The summed E-state index contributed by atoms with van der Waals surface area (Å²) < 4.78 is 69.0. The first-order chi connectivity index (χ1) is 21.9. The summed E-state index contributed by atoms with van der Waals surface area (Å²) in [5, 5.41) is 10.4. The Balaban J connectivity index is 1.44. The predicted molar refractivity (Wildman–Crippen MR) is 170 cm³/mol. The summed E-state index contributed by atoms with van der Waals surface area (Å²) in [4.78, 5) is 19.0. The van der Waals surface area contributed by atoms with Gasteiger partial charge in [0.25, 0.3) is 0 Å². The van der Waals surface area contributed by atoms with E-state index < -0.39 is 24.7 Å². The fourth-order valence-electron chi connectivity index (χ4n) is 5.35. The molecule has 0 unspecified atom stereocenters. The van der Waals surface area contributed by atoms with E-state index in [1.54, 1.807) is 16.9 Å². The Morgan fingerprint density at radius 2 is 1.76 bits per heavy atom. The van der Waals surface area contributed by atoms with E-state index in [1.165, 1.54) is 38.9 Å². The molecule has 0 spiro atoms. The van der Waals surface area contributed by atoms with Crippen LogP contribution in [0, 0.1) is 0 Å². The molecule has 2 aromatic carbocycles. The highest BCUT2D eigenvalue weighted by Gasteiger charge is 2.36. The Hall–Kier alpha value is -4.75. The van der Waals surface area contributed by atoms with E-state index >= 15 is 0 Å². The number of benzene rings is 2. The molecule has 0 radical (unpaired) electrons. The van der Waals surface area contributed by atoms with Gasteiger partial charge in [-0.2, -0.15) is 23.3 Å². The van der Waals surface area contributed by atoms with Crippen LogP contribution in [0.2, 0.25) is 0 Å². The molecule has 5 aromatic rings. The van der Waals surface area contributed by atoms with Crippen LogP contribution in [0.15, 0.2) is 55.2 Å². The maximum Gasteiger partial charge on any atom is 0.421 e. The van der Waals surface area contributed by atoms with Crippen LogP contribution in [0.3, 0.4) is 0 Å². The van der Waals surface area contributed by atoms with Gasteiger partial charge >= 0.3 is 6.18 Å². The summed E-state index contributed by atoms with van der Waals surface area (Å²) in [6.45, 7) is 5.52. The van der Waals surface area contributed by atoms with Crippen LogP contribution in [-0.4, -0.2) is 76.5 Å². The molecule has 240 valence electrons. The highest BCUT2D eigenvalue weighted by molar-refractivity contribution is 7.71. The maximum absolute atomic E-state index is 14.2. The molecule has 12 nitrogen and oxygen atoms in total. The number of aryl methyl sites for hydroxylation is 1. The van der Waals surface area contributed by atoms with Crippen molar-refractivity contribution in [2.24, 2.45) is 7.05 Å². The van der Waals surface area contributed by atoms with Gasteiger partial charge in [0, 0.05) is 67.8 Å². The van der Waals surface area contributed by atoms with Crippen LogP contribution in [0.5, 0.6) is 5.75 Å². The highest BCUT2D eigenvalue weighted by atomic mass is 31.2. The van der Waals surface area contributed by atoms with E-state index in [1.807, 2.05) is 25.4 Å². The average molecular weight is 654 g/mol. The van der Waals surface area contributed by atoms with Crippen molar-refractivity contribution in [1.29, 1.82) is 0 Å². The molecular formula is C30H31F3N9O3P. The van der Waals surface area contributed by atoms with Crippen LogP contribution in [-0.2, 0) is 22.5 Å². The zero-order valence-corrected chi connectivity index (χ0v) is 26.4. The molecule has 46 heavy (non-hydrogen) atoms. The highest BCUT2D eigenvalue weighted by Crippen LogP contribution is 2.43. The summed E-state index contributed by atoms with van der Waals surface area (Å²) in [6.07, 6.45) is 2.45. The van der Waals surface area contributed by atoms with Crippen molar-refractivity contribution in [1.82, 2.24) is 29.7 Å². The van der Waals surface area contributed by atoms with Crippen LogP contribution in [0.25, 0.3) is 22.2 Å². The standard InChI is InChI=1S/C30H31F3N9O3P/c1-41-17-18(15-37-41)19-13-23(25(44-2)14-24(19)42-9-11-45-12-10-42)39-29-36-16-20(30(31,32)33)28(40-29)38-22-6-5-21-26(35-8-7-34-21)27(22)46(3,4)43/h5-8,13-17H,9-12H2,1-4H3,(H2,36,38,39,40). The lowest BCUT2D eigenvalue weighted by Crippen LogP contribution is -2.36. The number of rotatable bonds is 8. The minimum atomic E-state index is -4.79. The number of ether oxygens (including phenoxy) is 2. The molecule has 0 bridgehead atoms. The molecule has 0 atom stereocenters. The third kappa shape index (κ3) is 6.33. The molecular weight excluding hydrogens is 622 g/mol. The SMILES string of the molecule is COc1cc(N2CCOCC2)c(-c2cnn(C)c2)cc1Nc1ncc(C(F)(F)F)c(Nc2ccc3nccnc3c2P(C)(C)=O)n1. The van der Waals surface area contributed by atoms with Gasteiger partial charge in [0.1, 0.15) is 29.8 Å². The monoisotopic (exact) mass is 653 g/mol. The first kappa shape index (κ1) is 31.2. The molecule has 0 aliphatic carbocycles. The van der Waals surface area contributed by atoms with Crippen molar-refractivity contribution in [3.63, 3.8) is 0 Å². The lowest BCUT2D eigenvalue weighted by atomic mass is 10.0. The van der Waals surface area contributed by atoms with Crippen molar-refractivity contribution >= 4 is 52.3 Å². The van der Waals surface area contributed by atoms with E-state index in [9.17, 15) is 17.7 Å². The summed E-state index contributed by atoms with van der Waals surface area (Å²) >= 11 is 0. The molecule has 2 N–H and O–H groups in total. The molecule has 0 amide bonds. The Kier molecular flexibility index (Phi) is 8.30. The maximum atomic E-state index is 14.2. The van der Waals surface area contributed by atoms with Crippen molar-refractivity contribution in [2.75, 3.05) is 62.3 Å². The molecule has 16 heteroatoms. The number of aromatic nitrogens is 6. The molecule has 1 aliphatic heterocycles. The lowest BCUT2D eigenvalue weighted by molar-refractivity contribution is -0.137. The van der Waals surface area contributed by atoms with Gasteiger partial charge in [-0.1, -0.05) is 0 Å². The Labute approximate surface area is 262 Å². The second-order valence-electron chi connectivity index (χ2n) is 11.0. The van der Waals surface area contributed by atoms with E-state index in [0.717, 1.165) is 16.8 Å². The van der Waals surface area contributed by atoms with Crippen molar-refractivity contribution < 1.29 is 27.2 Å². The number of nitrogens with zero attached hydrogens (tertiary/aromatic N) is 7. The summed E-state index contributed by atoms with van der Waals surface area (Å²) in [5.41, 5.74) is 2.84.